The molecule has 1 fully saturated rings. The summed E-state index contributed by atoms with van der Waals surface area (Å²) in [4.78, 5) is 13.6. The van der Waals surface area contributed by atoms with E-state index in [0.29, 0.717) is 13.1 Å². The molecule has 0 aromatic rings. The van der Waals surface area contributed by atoms with Crippen LogP contribution in [0.4, 0.5) is 0 Å². The SMILES string of the molecule is C=CCN(CC)C(=O)C1(N)CCC1. The van der Waals surface area contributed by atoms with E-state index in [9.17, 15) is 4.79 Å². The van der Waals surface area contributed by atoms with Gasteiger partial charge in [0.2, 0.25) is 5.91 Å². The maximum absolute atomic E-state index is 11.8. The maximum atomic E-state index is 11.8. The Labute approximate surface area is 79.6 Å². The summed E-state index contributed by atoms with van der Waals surface area (Å²) in [5.41, 5.74) is 5.37. The molecule has 0 atom stereocenters. The number of carbonyl (C=O) groups is 1. The molecule has 3 heteroatoms. The lowest BCUT2D eigenvalue weighted by Crippen LogP contribution is -2.59. The third-order valence-electron chi connectivity index (χ3n) is 2.69. The van der Waals surface area contributed by atoms with Gasteiger partial charge in [-0.25, -0.2) is 0 Å². The lowest BCUT2D eigenvalue weighted by atomic mass is 9.76. The van der Waals surface area contributed by atoms with Gasteiger partial charge in [-0.2, -0.15) is 0 Å². The van der Waals surface area contributed by atoms with Crippen LogP contribution in [-0.4, -0.2) is 29.4 Å². The van der Waals surface area contributed by atoms with Gasteiger partial charge in [-0.05, 0) is 26.2 Å². The zero-order chi connectivity index (χ0) is 9.90. The highest BCUT2D eigenvalue weighted by Crippen LogP contribution is 2.30. The van der Waals surface area contributed by atoms with Crippen LogP contribution in [0.3, 0.4) is 0 Å². The van der Waals surface area contributed by atoms with Gasteiger partial charge in [0.15, 0.2) is 0 Å². The maximum Gasteiger partial charge on any atom is 0.242 e. The summed E-state index contributed by atoms with van der Waals surface area (Å²) in [7, 11) is 0. The molecule has 13 heavy (non-hydrogen) atoms. The predicted molar refractivity (Wildman–Crippen MR) is 53.2 cm³/mol. The second-order valence-electron chi connectivity index (χ2n) is 3.64. The molecule has 2 N–H and O–H groups in total. The monoisotopic (exact) mass is 182 g/mol. The first-order chi connectivity index (χ1) is 6.14. The molecule has 1 rings (SSSR count). The van der Waals surface area contributed by atoms with E-state index < -0.39 is 5.54 Å². The number of nitrogens with two attached hydrogens (primary N) is 1. The number of amides is 1. The van der Waals surface area contributed by atoms with Crippen LogP contribution in [0, 0.1) is 0 Å². The van der Waals surface area contributed by atoms with E-state index in [1.807, 2.05) is 6.92 Å². The van der Waals surface area contributed by atoms with Crippen molar-refractivity contribution in [2.75, 3.05) is 13.1 Å². The van der Waals surface area contributed by atoms with Crippen LogP contribution in [0.1, 0.15) is 26.2 Å². The van der Waals surface area contributed by atoms with Crippen molar-refractivity contribution in [3.63, 3.8) is 0 Å². The molecule has 1 amide bonds. The van der Waals surface area contributed by atoms with Crippen molar-refractivity contribution in [1.82, 2.24) is 4.90 Å². The van der Waals surface area contributed by atoms with Crippen molar-refractivity contribution in [1.29, 1.82) is 0 Å². The topological polar surface area (TPSA) is 46.3 Å². The molecule has 0 aromatic heterocycles. The van der Waals surface area contributed by atoms with Gasteiger partial charge in [0.25, 0.3) is 0 Å². The molecule has 0 aliphatic heterocycles. The van der Waals surface area contributed by atoms with E-state index in [0.717, 1.165) is 19.3 Å². The molecule has 74 valence electrons. The van der Waals surface area contributed by atoms with Gasteiger partial charge in [-0.1, -0.05) is 6.08 Å². The third kappa shape index (κ3) is 1.91. The minimum atomic E-state index is -0.557. The van der Waals surface area contributed by atoms with Crippen LogP contribution in [0.5, 0.6) is 0 Å². The zero-order valence-electron chi connectivity index (χ0n) is 8.25. The number of nitrogens with zero attached hydrogens (tertiary/aromatic N) is 1. The first-order valence-electron chi connectivity index (χ1n) is 4.83. The van der Waals surface area contributed by atoms with Crippen molar-refractivity contribution < 1.29 is 4.79 Å². The van der Waals surface area contributed by atoms with Crippen LogP contribution >= 0.6 is 0 Å². The molecule has 0 unspecified atom stereocenters. The number of carbonyl (C=O) groups excluding carboxylic acids is 1. The largest absolute Gasteiger partial charge is 0.338 e. The second-order valence-corrected chi connectivity index (χ2v) is 3.64. The van der Waals surface area contributed by atoms with Crippen LogP contribution in [0.2, 0.25) is 0 Å². The normalized spacial score (nSPS) is 18.9. The van der Waals surface area contributed by atoms with Crippen molar-refractivity contribution in [2.45, 2.75) is 31.7 Å². The number of hydrogen-bond donors (Lipinski definition) is 1. The first-order valence-corrected chi connectivity index (χ1v) is 4.83. The Kier molecular flexibility index (Phi) is 3.09. The summed E-state index contributed by atoms with van der Waals surface area (Å²) in [6, 6.07) is 0. The van der Waals surface area contributed by atoms with E-state index in [1.54, 1.807) is 11.0 Å². The first kappa shape index (κ1) is 10.3. The molecular formula is C10H18N2O. The Morgan fingerprint density at radius 3 is 2.62 bits per heavy atom. The van der Waals surface area contributed by atoms with Gasteiger partial charge in [-0.3, -0.25) is 4.79 Å². The fourth-order valence-corrected chi connectivity index (χ4v) is 1.60. The Bertz CT molecular complexity index is 209. The van der Waals surface area contributed by atoms with Crippen LogP contribution in [0.25, 0.3) is 0 Å². The molecule has 1 saturated carbocycles. The highest BCUT2D eigenvalue weighted by Gasteiger charge is 2.41. The third-order valence-corrected chi connectivity index (χ3v) is 2.69. The van der Waals surface area contributed by atoms with Crippen molar-refractivity contribution >= 4 is 5.91 Å². The smallest absolute Gasteiger partial charge is 0.242 e. The molecule has 0 radical (unpaired) electrons. The Morgan fingerprint density at radius 2 is 2.31 bits per heavy atom. The fourth-order valence-electron chi connectivity index (χ4n) is 1.60. The minimum absolute atomic E-state index is 0.0844. The van der Waals surface area contributed by atoms with Crippen LogP contribution in [-0.2, 0) is 4.79 Å². The molecule has 0 spiro atoms. The second kappa shape index (κ2) is 3.92. The summed E-state index contributed by atoms with van der Waals surface area (Å²) >= 11 is 0. The van der Waals surface area contributed by atoms with Crippen molar-refractivity contribution in [3.8, 4) is 0 Å². The molecule has 0 heterocycles. The van der Waals surface area contributed by atoms with Gasteiger partial charge >= 0.3 is 0 Å². The van der Waals surface area contributed by atoms with E-state index in [4.69, 9.17) is 5.73 Å². The molecule has 0 aromatic carbocycles. The Balaban J connectivity index is 2.57. The summed E-state index contributed by atoms with van der Waals surface area (Å²) in [5.74, 6) is 0.0844. The van der Waals surface area contributed by atoms with Gasteiger partial charge in [-0.15, -0.1) is 6.58 Å². The van der Waals surface area contributed by atoms with Gasteiger partial charge in [0.1, 0.15) is 0 Å². The Hall–Kier alpha value is -0.830. The standard InChI is InChI=1S/C10H18N2O/c1-3-8-12(4-2)9(13)10(11)6-5-7-10/h3H,1,4-8,11H2,2H3. The zero-order valence-corrected chi connectivity index (χ0v) is 8.25. The van der Waals surface area contributed by atoms with E-state index in [2.05, 4.69) is 6.58 Å². The summed E-state index contributed by atoms with van der Waals surface area (Å²) in [6.07, 6.45) is 4.48. The van der Waals surface area contributed by atoms with Gasteiger partial charge < -0.3 is 10.6 Å². The number of rotatable bonds is 4. The molecule has 3 nitrogen and oxygen atoms in total. The van der Waals surface area contributed by atoms with E-state index >= 15 is 0 Å². The average molecular weight is 182 g/mol. The van der Waals surface area contributed by atoms with Crippen molar-refractivity contribution in [3.05, 3.63) is 12.7 Å². The van der Waals surface area contributed by atoms with Gasteiger partial charge in [0, 0.05) is 13.1 Å². The van der Waals surface area contributed by atoms with Crippen LogP contribution in [0.15, 0.2) is 12.7 Å². The molecule has 1 aliphatic rings. The van der Waals surface area contributed by atoms with Gasteiger partial charge in [0.05, 0.1) is 5.54 Å². The highest BCUT2D eigenvalue weighted by molar-refractivity contribution is 5.87. The highest BCUT2D eigenvalue weighted by atomic mass is 16.2. The molecule has 0 saturated heterocycles. The predicted octanol–water partition coefficient (Wildman–Crippen LogP) is 0.902. The quantitative estimate of drug-likeness (QED) is 0.657. The number of likely N-dealkylation sites (N-methyl/N-ethyl adjacent to an activating group) is 1. The summed E-state index contributed by atoms with van der Waals surface area (Å²) in [5, 5.41) is 0. The number of hydrogen-bond acceptors (Lipinski definition) is 2. The summed E-state index contributed by atoms with van der Waals surface area (Å²) < 4.78 is 0. The lowest BCUT2D eigenvalue weighted by molar-refractivity contribution is -0.139. The van der Waals surface area contributed by atoms with E-state index in [-0.39, 0.29) is 5.91 Å². The van der Waals surface area contributed by atoms with E-state index in [1.165, 1.54) is 0 Å². The van der Waals surface area contributed by atoms with Crippen LogP contribution < -0.4 is 5.73 Å². The molecular weight excluding hydrogens is 164 g/mol. The fraction of sp³-hybridized carbons (Fsp3) is 0.700. The molecule has 0 bridgehead atoms. The summed E-state index contributed by atoms with van der Waals surface area (Å²) in [6.45, 7) is 6.90. The Morgan fingerprint density at radius 1 is 1.69 bits per heavy atom. The lowest BCUT2D eigenvalue weighted by Gasteiger charge is -2.39. The molecule has 1 aliphatic carbocycles. The van der Waals surface area contributed by atoms with Crippen molar-refractivity contribution in [2.24, 2.45) is 5.73 Å². The minimum Gasteiger partial charge on any atom is -0.338 e. The average Bonchev–Trinajstić information content (AvgIpc) is 2.09.